The molecule has 7 heteroatoms. The van der Waals surface area contributed by atoms with E-state index in [2.05, 4.69) is 10.00 Å². The summed E-state index contributed by atoms with van der Waals surface area (Å²) in [5.41, 5.74) is 7.57. The molecule has 1 aliphatic rings. The van der Waals surface area contributed by atoms with Gasteiger partial charge in [0.25, 0.3) is 0 Å². The minimum absolute atomic E-state index is 0.436. The number of amides is 1. The lowest BCUT2D eigenvalue weighted by molar-refractivity contribution is 0.1000. The molecule has 1 amide bonds. The summed E-state index contributed by atoms with van der Waals surface area (Å²) >= 11 is 0. The number of rotatable bonds is 7. The first kappa shape index (κ1) is 17.4. The zero-order chi connectivity index (χ0) is 17.8. The zero-order valence-corrected chi connectivity index (χ0v) is 14.4. The molecule has 1 unspecified atom stereocenters. The molecular weight excluding hydrogens is 320 g/mol. The molecule has 0 spiro atoms. The number of aliphatic hydroxyl groups is 1. The van der Waals surface area contributed by atoms with Gasteiger partial charge >= 0.3 is 0 Å². The van der Waals surface area contributed by atoms with Crippen molar-refractivity contribution in [1.29, 1.82) is 0 Å². The van der Waals surface area contributed by atoms with Gasteiger partial charge in [0.05, 0.1) is 30.6 Å². The number of carbonyl (C=O) groups is 1. The zero-order valence-electron chi connectivity index (χ0n) is 14.4. The molecule has 2 heterocycles. The van der Waals surface area contributed by atoms with Crippen molar-refractivity contribution < 1.29 is 14.6 Å². The van der Waals surface area contributed by atoms with Gasteiger partial charge in [-0.3, -0.25) is 14.4 Å². The quantitative estimate of drug-likeness (QED) is 0.739. The van der Waals surface area contributed by atoms with Gasteiger partial charge in [-0.1, -0.05) is 0 Å². The molecule has 2 aromatic rings. The normalized spacial score (nSPS) is 15.6. The van der Waals surface area contributed by atoms with Crippen molar-refractivity contribution in [3.8, 4) is 5.75 Å². The number of primary amides is 1. The van der Waals surface area contributed by atoms with Gasteiger partial charge in [-0.05, 0) is 43.7 Å². The summed E-state index contributed by atoms with van der Waals surface area (Å²) in [7, 11) is 0. The first-order valence-corrected chi connectivity index (χ1v) is 8.52. The van der Waals surface area contributed by atoms with Crippen LogP contribution in [0, 0.1) is 0 Å². The number of aliphatic hydroxyl groups excluding tert-OH is 1. The molecule has 0 fully saturated rings. The molecule has 0 radical (unpaired) electrons. The Morgan fingerprint density at radius 2 is 2.12 bits per heavy atom. The van der Waals surface area contributed by atoms with Crippen LogP contribution in [0.5, 0.6) is 5.75 Å². The van der Waals surface area contributed by atoms with E-state index in [-0.39, 0.29) is 0 Å². The van der Waals surface area contributed by atoms with E-state index in [1.165, 1.54) is 0 Å². The maximum Gasteiger partial charge on any atom is 0.248 e. The lowest BCUT2D eigenvalue weighted by atomic mass is 10.2. The molecule has 7 nitrogen and oxygen atoms in total. The van der Waals surface area contributed by atoms with Gasteiger partial charge in [-0.2, -0.15) is 5.10 Å². The summed E-state index contributed by atoms with van der Waals surface area (Å²) in [4.78, 5) is 13.4. The Hall–Kier alpha value is -2.38. The van der Waals surface area contributed by atoms with Gasteiger partial charge in [0.2, 0.25) is 5.91 Å². The van der Waals surface area contributed by atoms with Crippen LogP contribution in [0.15, 0.2) is 30.3 Å². The van der Waals surface area contributed by atoms with Crippen molar-refractivity contribution in [2.75, 3.05) is 19.7 Å². The van der Waals surface area contributed by atoms with Gasteiger partial charge in [0.1, 0.15) is 5.75 Å². The molecule has 25 heavy (non-hydrogen) atoms. The highest BCUT2D eigenvalue weighted by Crippen LogP contribution is 2.18. The topological polar surface area (TPSA) is 93.6 Å². The third kappa shape index (κ3) is 4.37. The van der Waals surface area contributed by atoms with Crippen molar-refractivity contribution in [2.45, 2.75) is 32.5 Å². The molecule has 1 atom stereocenters. The summed E-state index contributed by atoms with van der Waals surface area (Å²) in [6.07, 6.45) is 0.385. The summed E-state index contributed by atoms with van der Waals surface area (Å²) in [6.45, 7) is 5.92. The monoisotopic (exact) mass is 344 g/mol. The van der Waals surface area contributed by atoms with Gasteiger partial charge < -0.3 is 15.6 Å². The molecule has 0 bridgehead atoms. The fourth-order valence-electron chi connectivity index (χ4n) is 2.93. The molecule has 3 N–H and O–H groups in total. The SMILES string of the molecule is CC(O)c1cc2n(n1)CCN(CCCOc1ccc(C(N)=O)cc1)C2. The Morgan fingerprint density at radius 1 is 1.36 bits per heavy atom. The lowest BCUT2D eigenvalue weighted by Crippen LogP contribution is -2.35. The molecule has 3 rings (SSSR count). The molecule has 1 aromatic heterocycles. The fraction of sp³-hybridized carbons (Fsp3) is 0.444. The molecule has 1 aliphatic heterocycles. The van der Waals surface area contributed by atoms with E-state index in [9.17, 15) is 9.90 Å². The number of ether oxygens (including phenoxy) is 1. The number of aromatic nitrogens is 2. The highest BCUT2D eigenvalue weighted by Gasteiger charge is 2.19. The van der Waals surface area contributed by atoms with Crippen LogP contribution < -0.4 is 10.5 Å². The van der Waals surface area contributed by atoms with Crippen LogP contribution in [0.1, 0.15) is 41.2 Å². The number of carbonyl (C=O) groups excluding carboxylic acids is 1. The van der Waals surface area contributed by atoms with Crippen molar-refractivity contribution in [1.82, 2.24) is 14.7 Å². The second-order valence-corrected chi connectivity index (χ2v) is 6.33. The standard InChI is InChI=1S/C18H24N4O3/c1-13(23)17-11-15-12-21(8-9-22(15)20-17)7-2-10-25-16-5-3-14(4-6-16)18(19)24/h3-6,11,13,23H,2,7-10,12H2,1H3,(H2,19,24). The molecule has 0 saturated carbocycles. The predicted molar refractivity (Wildman–Crippen MR) is 93.2 cm³/mol. The largest absolute Gasteiger partial charge is 0.494 e. The number of fused-ring (bicyclic) bond motifs is 1. The number of nitrogens with zero attached hydrogens (tertiary/aromatic N) is 3. The number of hydrogen-bond acceptors (Lipinski definition) is 5. The average Bonchev–Trinajstić information content (AvgIpc) is 3.03. The van der Waals surface area contributed by atoms with Crippen molar-refractivity contribution in [2.24, 2.45) is 5.73 Å². The van der Waals surface area contributed by atoms with Crippen LogP contribution in [0.25, 0.3) is 0 Å². The van der Waals surface area contributed by atoms with Crippen LogP contribution in [0.4, 0.5) is 0 Å². The smallest absolute Gasteiger partial charge is 0.248 e. The average molecular weight is 344 g/mol. The number of benzene rings is 1. The fourth-order valence-corrected chi connectivity index (χ4v) is 2.93. The van der Waals surface area contributed by atoms with Crippen LogP contribution >= 0.6 is 0 Å². The Labute approximate surface area is 147 Å². The van der Waals surface area contributed by atoms with E-state index in [1.54, 1.807) is 31.2 Å². The van der Waals surface area contributed by atoms with Crippen molar-refractivity contribution >= 4 is 5.91 Å². The predicted octanol–water partition coefficient (Wildman–Crippen LogP) is 1.32. The van der Waals surface area contributed by atoms with Crippen molar-refractivity contribution in [3.05, 3.63) is 47.3 Å². The second-order valence-electron chi connectivity index (χ2n) is 6.33. The number of nitrogens with two attached hydrogens (primary N) is 1. The van der Waals surface area contributed by atoms with Gasteiger partial charge in [0.15, 0.2) is 0 Å². The van der Waals surface area contributed by atoms with Gasteiger partial charge in [-0.25, -0.2) is 0 Å². The molecule has 0 saturated heterocycles. The first-order chi connectivity index (χ1) is 12.0. The minimum atomic E-state index is -0.527. The van der Waals surface area contributed by atoms with E-state index >= 15 is 0 Å². The molecule has 1 aromatic carbocycles. The van der Waals surface area contributed by atoms with E-state index < -0.39 is 12.0 Å². The molecule has 0 aliphatic carbocycles. The summed E-state index contributed by atoms with van der Waals surface area (Å²) in [6, 6.07) is 8.84. The van der Waals surface area contributed by atoms with Gasteiger partial charge in [0, 0.05) is 25.2 Å². The van der Waals surface area contributed by atoms with E-state index in [0.717, 1.165) is 49.7 Å². The Balaban J connectivity index is 1.43. The van der Waals surface area contributed by atoms with Crippen LogP contribution in [0.2, 0.25) is 0 Å². The van der Waals surface area contributed by atoms with Crippen molar-refractivity contribution in [3.63, 3.8) is 0 Å². The summed E-state index contributed by atoms with van der Waals surface area (Å²) < 4.78 is 7.69. The highest BCUT2D eigenvalue weighted by molar-refractivity contribution is 5.92. The van der Waals surface area contributed by atoms with Crippen LogP contribution in [-0.4, -0.2) is 45.4 Å². The Morgan fingerprint density at radius 3 is 2.80 bits per heavy atom. The second kappa shape index (κ2) is 7.67. The number of hydrogen-bond donors (Lipinski definition) is 2. The van der Waals surface area contributed by atoms with Crippen LogP contribution in [-0.2, 0) is 13.1 Å². The third-order valence-corrected chi connectivity index (χ3v) is 4.35. The summed E-state index contributed by atoms with van der Waals surface area (Å²) in [5.74, 6) is 0.304. The first-order valence-electron chi connectivity index (χ1n) is 8.52. The van der Waals surface area contributed by atoms with Crippen LogP contribution in [0.3, 0.4) is 0 Å². The Kier molecular flexibility index (Phi) is 5.35. The van der Waals surface area contributed by atoms with E-state index in [1.807, 2.05) is 10.7 Å². The third-order valence-electron chi connectivity index (χ3n) is 4.35. The van der Waals surface area contributed by atoms with E-state index in [4.69, 9.17) is 10.5 Å². The van der Waals surface area contributed by atoms with Gasteiger partial charge in [-0.15, -0.1) is 0 Å². The molecule has 134 valence electrons. The summed E-state index contributed by atoms with van der Waals surface area (Å²) in [5, 5.41) is 14.1. The highest BCUT2D eigenvalue weighted by atomic mass is 16.5. The Bertz CT molecular complexity index is 724. The molecular formula is C18H24N4O3. The maximum absolute atomic E-state index is 11.0. The lowest BCUT2D eigenvalue weighted by Gasteiger charge is -2.27. The maximum atomic E-state index is 11.0. The van der Waals surface area contributed by atoms with E-state index in [0.29, 0.717) is 12.2 Å². The minimum Gasteiger partial charge on any atom is -0.494 e.